The molecule has 0 spiro atoms. The SMILES string of the molecule is CC(C)C[C@H]1C(=O)N[C@@H](COC(C)(C)C)C(=O)N[C@@H]([C@@H](C)O)C(=O)N(C)[C@@H](Cc2ccccc2)C(=O)N[C@H](C(=O)N2CCCCC2)CC(=O)N[C@@H](C)C(=O)N(C)[C@@H](Cc2ccccc2)C(=O)N(C)[C@@H](C)C(=O)N(C)[C@@H](Cc2ccccc2)C(=O)N(C)[C@@H](CC(C)C)C(=O)N[C@@H](Cc2ccccc2)C(=O)N1C. The molecule has 26 heteroatoms. The number of nitrogens with zero attached hydrogens (tertiary/aromatic N) is 7. The number of carbonyl (C=O) groups excluding carboxylic acids is 12. The summed E-state index contributed by atoms with van der Waals surface area (Å²) in [6, 6.07) is 19.6. The first-order chi connectivity index (χ1) is 50.0. The highest BCUT2D eigenvalue weighted by molar-refractivity contribution is 6.00. The fraction of sp³-hybridized carbons (Fsp3) is 0.550. The zero-order chi connectivity index (χ0) is 78.4. The molecule has 0 bridgehead atoms. The third-order valence-electron chi connectivity index (χ3n) is 19.7. The van der Waals surface area contributed by atoms with E-state index in [-0.39, 0.29) is 50.4 Å². The summed E-state index contributed by atoms with van der Waals surface area (Å²) in [7, 11) is 8.40. The Balaban J connectivity index is 1.51. The summed E-state index contributed by atoms with van der Waals surface area (Å²) in [4.78, 5) is 190. The number of hydrogen-bond acceptors (Lipinski definition) is 14. The number of ether oxygens (including phenoxy) is 1. The summed E-state index contributed by atoms with van der Waals surface area (Å²) in [5, 5.41) is 25.4. The first-order valence-electron chi connectivity index (χ1n) is 36.9. The molecular weight excluding hydrogens is 1350 g/mol. The van der Waals surface area contributed by atoms with Gasteiger partial charge in [0.05, 0.1) is 24.7 Å². The number of nitrogens with one attached hydrogen (secondary N) is 5. The van der Waals surface area contributed by atoms with Gasteiger partial charge in [0.1, 0.15) is 66.5 Å². The lowest BCUT2D eigenvalue weighted by molar-refractivity contribution is -0.153. The number of piperidine rings is 1. The van der Waals surface area contributed by atoms with Gasteiger partial charge in [-0.1, -0.05) is 149 Å². The first kappa shape index (κ1) is 85.4. The van der Waals surface area contributed by atoms with Crippen LogP contribution in [0, 0.1) is 11.8 Å². The lowest BCUT2D eigenvalue weighted by Crippen LogP contribution is -2.63. The molecule has 2 fully saturated rings. The summed E-state index contributed by atoms with van der Waals surface area (Å²) in [5.41, 5.74) is 1.59. The average molecular weight is 1470 g/mol. The normalized spacial score (nSPS) is 24.9. The maximum absolute atomic E-state index is 15.6. The summed E-state index contributed by atoms with van der Waals surface area (Å²) >= 11 is 0. The topological polar surface area (TPSA) is 317 Å². The number of benzene rings is 4. The molecular formula is C80H114N12O14. The van der Waals surface area contributed by atoms with Gasteiger partial charge in [0.25, 0.3) is 0 Å². The molecule has 12 amide bonds. The van der Waals surface area contributed by atoms with Crippen molar-refractivity contribution in [3.05, 3.63) is 144 Å². The van der Waals surface area contributed by atoms with Crippen molar-refractivity contribution in [2.75, 3.05) is 62.0 Å². The average Bonchev–Trinajstić information content (AvgIpc) is 0.816. The van der Waals surface area contributed by atoms with E-state index in [1.807, 2.05) is 27.7 Å². The van der Waals surface area contributed by atoms with Crippen LogP contribution < -0.4 is 26.6 Å². The van der Waals surface area contributed by atoms with Gasteiger partial charge in [-0.25, -0.2) is 0 Å². The standard InChI is InChI=1S/C80H114N12O14/c1-50(2)42-62-71(97)84-61(49-106-80(8,9)10)69(95)85-68(54(7)93)79(105)89(14)64(45-56-34-24-18-25-35-56)72(98)83-60(76(102)92-40-30-21-31-41-92)48-67(94)81-52(5)73(99)90(15)65(46-57-36-26-19-27-37-57)77(103)86(11)53(6)74(100)91(16)66(47-58-38-28-20-29-39-58)78(104)88(13)63(43-51(3)4)70(96)82-59(75(101)87(62)12)44-55-32-22-17-23-33-55/h17-20,22-29,32-39,50-54,59-66,68,93H,21,30-31,40-49H2,1-16H3,(H,81,94)(H,82,96)(H,83,98)(H,84,97)(H,85,95)/t52-,53-,54+,59-,60-,61-,62-,63-,64-,65-,66-,68-/m0/s1. The Morgan fingerprint density at radius 1 is 0.443 bits per heavy atom. The van der Waals surface area contributed by atoms with Crippen LogP contribution in [0.3, 0.4) is 0 Å². The second-order valence-electron chi connectivity index (χ2n) is 30.2. The van der Waals surface area contributed by atoms with Gasteiger partial charge in [0.2, 0.25) is 70.9 Å². The number of rotatable bonds is 16. The Bertz CT molecular complexity index is 3630. The summed E-state index contributed by atoms with van der Waals surface area (Å²) in [6.45, 7) is 16.9. The molecule has 4 aromatic rings. The van der Waals surface area contributed by atoms with Crippen molar-refractivity contribution >= 4 is 70.9 Å². The molecule has 26 nitrogen and oxygen atoms in total. The molecule has 2 aliphatic rings. The number of carbonyl (C=O) groups is 12. The lowest BCUT2D eigenvalue weighted by Gasteiger charge is -2.39. The molecule has 106 heavy (non-hydrogen) atoms. The molecule has 0 radical (unpaired) electrons. The van der Waals surface area contributed by atoms with Crippen molar-refractivity contribution in [1.29, 1.82) is 0 Å². The molecule has 0 unspecified atom stereocenters. The van der Waals surface area contributed by atoms with Gasteiger partial charge < -0.3 is 70.7 Å². The maximum atomic E-state index is 15.6. The number of hydrogen-bond donors (Lipinski definition) is 6. The van der Waals surface area contributed by atoms with Crippen molar-refractivity contribution in [3.63, 3.8) is 0 Å². The van der Waals surface area contributed by atoms with Crippen molar-refractivity contribution in [3.8, 4) is 0 Å². The van der Waals surface area contributed by atoms with Gasteiger partial charge in [-0.2, -0.15) is 0 Å². The van der Waals surface area contributed by atoms with Crippen LogP contribution in [0.5, 0.6) is 0 Å². The molecule has 2 heterocycles. The second kappa shape index (κ2) is 39.7. The van der Waals surface area contributed by atoms with Gasteiger partial charge in [-0.05, 0) is 108 Å². The third-order valence-corrected chi connectivity index (χ3v) is 19.7. The first-order valence-corrected chi connectivity index (χ1v) is 36.9. The smallest absolute Gasteiger partial charge is 0.248 e. The van der Waals surface area contributed by atoms with Crippen LogP contribution in [0.4, 0.5) is 0 Å². The zero-order valence-electron chi connectivity index (χ0n) is 64.7. The minimum Gasteiger partial charge on any atom is -0.391 e. The number of amides is 12. The van der Waals surface area contributed by atoms with Gasteiger partial charge in [0, 0.05) is 81.1 Å². The molecule has 2 aliphatic heterocycles. The largest absolute Gasteiger partial charge is 0.391 e. The van der Waals surface area contributed by atoms with Crippen LogP contribution >= 0.6 is 0 Å². The molecule has 6 N–H and O–H groups in total. The Hall–Kier alpha value is -9.56. The van der Waals surface area contributed by atoms with Crippen LogP contribution in [-0.4, -0.2) is 250 Å². The van der Waals surface area contributed by atoms with Crippen LogP contribution in [0.2, 0.25) is 0 Å². The lowest BCUT2D eigenvalue weighted by atomic mass is 9.97. The second-order valence-corrected chi connectivity index (χ2v) is 30.2. The molecule has 6 rings (SSSR count). The fourth-order valence-electron chi connectivity index (χ4n) is 13.2. The van der Waals surface area contributed by atoms with Crippen LogP contribution in [0.15, 0.2) is 121 Å². The van der Waals surface area contributed by atoms with Crippen molar-refractivity contribution in [2.24, 2.45) is 11.8 Å². The number of likely N-dealkylation sites (tertiary alicyclic amines) is 1. The van der Waals surface area contributed by atoms with E-state index >= 15 is 38.4 Å². The Labute approximate surface area is 625 Å². The highest BCUT2D eigenvalue weighted by Gasteiger charge is 2.44. The summed E-state index contributed by atoms with van der Waals surface area (Å²) in [6.07, 6.45) is -0.475. The molecule has 0 aliphatic carbocycles. The minimum atomic E-state index is -1.80. The highest BCUT2D eigenvalue weighted by Crippen LogP contribution is 2.24. The van der Waals surface area contributed by atoms with E-state index in [2.05, 4.69) is 26.6 Å². The monoisotopic (exact) mass is 1470 g/mol. The van der Waals surface area contributed by atoms with Crippen molar-refractivity contribution in [2.45, 2.75) is 212 Å². The Morgan fingerprint density at radius 3 is 1.27 bits per heavy atom. The van der Waals surface area contributed by atoms with Crippen LogP contribution in [0.1, 0.15) is 130 Å². The number of aliphatic hydroxyl groups excluding tert-OH is 1. The molecule has 0 saturated carbocycles. The van der Waals surface area contributed by atoms with Gasteiger partial charge in [-0.15, -0.1) is 0 Å². The zero-order valence-corrected chi connectivity index (χ0v) is 64.7. The van der Waals surface area contributed by atoms with Crippen LogP contribution in [-0.2, 0) is 88.0 Å². The van der Waals surface area contributed by atoms with Crippen LogP contribution in [0.25, 0.3) is 0 Å². The predicted octanol–water partition coefficient (Wildman–Crippen LogP) is 4.09. The quantitative estimate of drug-likeness (QED) is 0.0921. The minimum absolute atomic E-state index is 0.0308. The fourth-order valence-corrected chi connectivity index (χ4v) is 13.2. The molecule has 0 aromatic heterocycles. The van der Waals surface area contributed by atoms with Crippen molar-refractivity contribution in [1.82, 2.24) is 60.9 Å². The number of aliphatic hydroxyl groups is 1. The molecule has 578 valence electrons. The maximum Gasteiger partial charge on any atom is 0.248 e. The van der Waals surface area contributed by atoms with E-state index in [1.165, 1.54) is 92.5 Å². The Kier molecular flexibility index (Phi) is 32.0. The van der Waals surface area contributed by atoms with E-state index in [0.717, 1.165) is 11.3 Å². The van der Waals surface area contributed by atoms with E-state index in [0.29, 0.717) is 48.2 Å². The van der Waals surface area contributed by atoms with Crippen molar-refractivity contribution < 1.29 is 67.4 Å². The molecule has 4 aromatic carbocycles. The summed E-state index contributed by atoms with van der Waals surface area (Å²) < 4.78 is 6.14. The third kappa shape index (κ3) is 24.2. The molecule has 12 atom stereocenters. The molecule has 2 saturated heterocycles. The highest BCUT2D eigenvalue weighted by atomic mass is 16.5. The van der Waals surface area contributed by atoms with Gasteiger partial charge >= 0.3 is 0 Å². The van der Waals surface area contributed by atoms with Gasteiger partial charge in [0.15, 0.2) is 0 Å². The summed E-state index contributed by atoms with van der Waals surface area (Å²) in [5.74, 6) is -9.79. The number of likely N-dealkylation sites (N-methyl/N-ethyl adjacent to an activating group) is 6. The van der Waals surface area contributed by atoms with E-state index in [1.54, 1.807) is 142 Å². The Morgan fingerprint density at radius 2 is 0.830 bits per heavy atom. The predicted molar refractivity (Wildman–Crippen MR) is 402 cm³/mol. The van der Waals surface area contributed by atoms with E-state index in [4.69, 9.17) is 4.74 Å². The van der Waals surface area contributed by atoms with E-state index in [9.17, 15) is 24.3 Å². The van der Waals surface area contributed by atoms with E-state index < -0.39 is 162 Å². The van der Waals surface area contributed by atoms with Gasteiger partial charge in [-0.3, -0.25) is 57.5 Å².